The van der Waals surface area contributed by atoms with E-state index in [9.17, 15) is 0 Å². The predicted molar refractivity (Wildman–Crippen MR) is 46.8 cm³/mol. The van der Waals surface area contributed by atoms with Gasteiger partial charge in [0.2, 0.25) is 0 Å². The number of hydrogen-bond acceptors (Lipinski definition) is 4. The summed E-state index contributed by atoms with van der Waals surface area (Å²) < 4.78 is 0. The molecule has 0 saturated carbocycles. The molecule has 0 aromatic heterocycles. The minimum Gasteiger partial charge on any atom is -0.396 e. The first-order valence-corrected chi connectivity index (χ1v) is 4.41. The first-order chi connectivity index (χ1) is 5.20. The topological polar surface area (TPSA) is 60.7 Å². The average molecular weight is 180 g/mol. The summed E-state index contributed by atoms with van der Waals surface area (Å²) in [5.74, 6) is 0.422. The Balaban J connectivity index is 3.22. The van der Waals surface area contributed by atoms with Crippen LogP contribution in [0.2, 0.25) is 0 Å². The van der Waals surface area contributed by atoms with Crippen molar-refractivity contribution in [2.75, 3.05) is 12.4 Å². The molecule has 0 aliphatic heterocycles. The van der Waals surface area contributed by atoms with Gasteiger partial charge in [-0.3, -0.25) is 0 Å². The van der Waals surface area contributed by atoms with Crippen LogP contribution in [-0.4, -0.2) is 39.9 Å². The van der Waals surface area contributed by atoms with E-state index in [1.807, 2.05) is 0 Å². The van der Waals surface area contributed by atoms with Crippen molar-refractivity contribution in [2.24, 2.45) is 0 Å². The molecule has 0 aromatic carbocycles. The van der Waals surface area contributed by atoms with Crippen LogP contribution in [0.3, 0.4) is 0 Å². The number of hydrogen-bond donors (Lipinski definition) is 4. The predicted octanol–water partition coefficient (Wildman–Crippen LogP) is -0.199. The lowest BCUT2D eigenvalue weighted by molar-refractivity contribution is 0.101. The maximum absolute atomic E-state index is 9.10. The van der Waals surface area contributed by atoms with Crippen molar-refractivity contribution in [1.29, 1.82) is 0 Å². The van der Waals surface area contributed by atoms with Crippen LogP contribution in [0.4, 0.5) is 0 Å². The van der Waals surface area contributed by atoms with Crippen molar-refractivity contribution in [2.45, 2.75) is 31.5 Å². The molecule has 0 aliphatic carbocycles. The number of rotatable bonds is 6. The van der Waals surface area contributed by atoms with E-state index in [0.29, 0.717) is 25.0 Å². The average Bonchev–Trinajstić information content (AvgIpc) is 2.01. The zero-order valence-electron chi connectivity index (χ0n) is 6.48. The van der Waals surface area contributed by atoms with Crippen LogP contribution >= 0.6 is 12.6 Å². The molecule has 0 bridgehead atoms. The summed E-state index contributed by atoms with van der Waals surface area (Å²) in [4.78, 5) is 0. The van der Waals surface area contributed by atoms with E-state index in [2.05, 4.69) is 12.6 Å². The van der Waals surface area contributed by atoms with Crippen LogP contribution in [0.5, 0.6) is 0 Å². The van der Waals surface area contributed by atoms with Gasteiger partial charge in [-0.05, 0) is 19.3 Å². The van der Waals surface area contributed by atoms with Gasteiger partial charge in [-0.15, -0.1) is 0 Å². The Morgan fingerprint density at radius 2 is 1.55 bits per heavy atom. The molecular formula is C7H16O3S. The lowest BCUT2D eigenvalue weighted by Crippen LogP contribution is -2.15. The summed E-state index contributed by atoms with van der Waals surface area (Å²) in [6.45, 7) is -0.00185. The second-order valence-corrected chi connectivity index (χ2v) is 2.95. The van der Waals surface area contributed by atoms with Gasteiger partial charge in [0.25, 0.3) is 0 Å². The van der Waals surface area contributed by atoms with E-state index in [-0.39, 0.29) is 6.61 Å². The SMILES string of the molecule is OCCC(O)CCC(O)CS. The van der Waals surface area contributed by atoms with Crippen molar-refractivity contribution in [3.8, 4) is 0 Å². The summed E-state index contributed by atoms with van der Waals surface area (Å²) in [7, 11) is 0. The zero-order chi connectivity index (χ0) is 8.69. The first-order valence-electron chi connectivity index (χ1n) is 3.78. The molecule has 3 nitrogen and oxygen atoms in total. The number of aliphatic hydroxyl groups is 3. The quantitative estimate of drug-likeness (QED) is 0.428. The number of thiol groups is 1. The lowest BCUT2D eigenvalue weighted by Gasteiger charge is -2.10. The highest BCUT2D eigenvalue weighted by Gasteiger charge is 2.06. The van der Waals surface area contributed by atoms with Gasteiger partial charge in [-0.25, -0.2) is 0 Å². The van der Waals surface area contributed by atoms with Gasteiger partial charge >= 0.3 is 0 Å². The maximum Gasteiger partial charge on any atom is 0.0629 e. The van der Waals surface area contributed by atoms with Crippen LogP contribution in [0.25, 0.3) is 0 Å². The Morgan fingerprint density at radius 3 is 2.00 bits per heavy atom. The monoisotopic (exact) mass is 180 g/mol. The maximum atomic E-state index is 9.10. The van der Waals surface area contributed by atoms with Crippen LogP contribution in [-0.2, 0) is 0 Å². The third kappa shape index (κ3) is 6.62. The van der Waals surface area contributed by atoms with Gasteiger partial charge in [0.15, 0.2) is 0 Å². The fraction of sp³-hybridized carbons (Fsp3) is 1.00. The van der Waals surface area contributed by atoms with Gasteiger partial charge in [0, 0.05) is 12.4 Å². The van der Waals surface area contributed by atoms with E-state index in [4.69, 9.17) is 15.3 Å². The molecule has 0 spiro atoms. The minimum absolute atomic E-state index is 0.00185. The Hall–Kier alpha value is 0.230. The van der Waals surface area contributed by atoms with E-state index in [0.717, 1.165) is 0 Å². The van der Waals surface area contributed by atoms with Gasteiger partial charge in [0.05, 0.1) is 12.2 Å². The second-order valence-electron chi connectivity index (χ2n) is 2.58. The van der Waals surface area contributed by atoms with Crippen LogP contribution in [0.15, 0.2) is 0 Å². The standard InChI is InChI=1S/C7H16O3S/c8-4-3-6(9)1-2-7(10)5-11/h6-11H,1-5H2. The minimum atomic E-state index is -0.491. The molecule has 2 unspecified atom stereocenters. The molecule has 0 rings (SSSR count). The molecule has 11 heavy (non-hydrogen) atoms. The molecule has 0 heterocycles. The highest BCUT2D eigenvalue weighted by molar-refractivity contribution is 7.80. The Kier molecular flexibility index (Phi) is 7.06. The molecule has 4 heteroatoms. The summed E-state index contributed by atoms with van der Waals surface area (Å²) >= 11 is 3.89. The highest BCUT2D eigenvalue weighted by Crippen LogP contribution is 2.05. The van der Waals surface area contributed by atoms with Crippen LogP contribution in [0.1, 0.15) is 19.3 Å². The third-order valence-corrected chi connectivity index (χ3v) is 1.93. The highest BCUT2D eigenvalue weighted by atomic mass is 32.1. The van der Waals surface area contributed by atoms with E-state index in [1.165, 1.54) is 0 Å². The van der Waals surface area contributed by atoms with Crippen molar-refractivity contribution in [3.05, 3.63) is 0 Å². The molecule has 0 amide bonds. The molecular weight excluding hydrogens is 164 g/mol. The summed E-state index contributed by atoms with van der Waals surface area (Å²) in [6, 6.07) is 0. The normalized spacial score (nSPS) is 16.4. The van der Waals surface area contributed by atoms with E-state index >= 15 is 0 Å². The molecule has 0 fully saturated rings. The summed E-state index contributed by atoms with van der Waals surface area (Å²) in [5.41, 5.74) is 0. The van der Waals surface area contributed by atoms with E-state index < -0.39 is 12.2 Å². The van der Waals surface area contributed by atoms with Gasteiger partial charge in [-0.2, -0.15) is 12.6 Å². The molecule has 68 valence electrons. The third-order valence-electron chi connectivity index (χ3n) is 1.51. The van der Waals surface area contributed by atoms with Crippen molar-refractivity contribution >= 4 is 12.6 Å². The van der Waals surface area contributed by atoms with Crippen LogP contribution < -0.4 is 0 Å². The van der Waals surface area contributed by atoms with E-state index in [1.54, 1.807) is 0 Å². The van der Waals surface area contributed by atoms with Crippen molar-refractivity contribution in [3.63, 3.8) is 0 Å². The van der Waals surface area contributed by atoms with Gasteiger partial charge in [-0.1, -0.05) is 0 Å². The molecule has 0 aromatic rings. The second kappa shape index (κ2) is 6.91. The lowest BCUT2D eigenvalue weighted by atomic mass is 10.1. The van der Waals surface area contributed by atoms with Crippen molar-refractivity contribution in [1.82, 2.24) is 0 Å². The Bertz CT molecular complexity index is 89.8. The Morgan fingerprint density at radius 1 is 1.00 bits per heavy atom. The summed E-state index contributed by atoms with van der Waals surface area (Å²) in [5, 5.41) is 26.5. The molecule has 0 radical (unpaired) electrons. The molecule has 3 N–H and O–H groups in total. The molecule has 0 saturated heterocycles. The largest absolute Gasteiger partial charge is 0.396 e. The smallest absolute Gasteiger partial charge is 0.0629 e. The zero-order valence-corrected chi connectivity index (χ0v) is 7.37. The summed E-state index contributed by atoms with van der Waals surface area (Å²) in [6.07, 6.45) is 0.535. The van der Waals surface area contributed by atoms with Gasteiger partial charge < -0.3 is 15.3 Å². The molecule has 0 aliphatic rings. The molecule has 2 atom stereocenters. The first kappa shape index (κ1) is 11.2. The number of aliphatic hydroxyl groups excluding tert-OH is 3. The Labute approximate surface area is 72.5 Å². The van der Waals surface area contributed by atoms with Crippen LogP contribution in [0, 0.1) is 0 Å². The van der Waals surface area contributed by atoms with Crippen molar-refractivity contribution < 1.29 is 15.3 Å². The fourth-order valence-corrected chi connectivity index (χ4v) is 0.952. The fourth-order valence-electron chi connectivity index (χ4n) is 0.769. The van der Waals surface area contributed by atoms with Gasteiger partial charge in [0.1, 0.15) is 0 Å².